The topological polar surface area (TPSA) is 17.1 Å². The number of allylic oxidation sites excluding steroid dienone is 2. The molecule has 0 bridgehead atoms. The van der Waals surface area contributed by atoms with Crippen molar-refractivity contribution in [1.82, 2.24) is 0 Å². The average Bonchev–Trinajstić information content (AvgIpc) is 2.63. The van der Waals surface area contributed by atoms with Crippen molar-refractivity contribution in [3.8, 4) is 0 Å². The number of alkyl halides is 3. The summed E-state index contributed by atoms with van der Waals surface area (Å²) < 4.78 is 38.0. The average molecular weight is 252 g/mol. The maximum Gasteiger partial charge on any atom is 0.416 e. The molecule has 3 rings (SSSR count). The van der Waals surface area contributed by atoms with E-state index >= 15 is 0 Å². The highest BCUT2D eigenvalue weighted by Crippen LogP contribution is 2.43. The SMILES string of the molecule is O=C1C2=C(CCCC2)c2cc(C(F)(F)F)ccc21. The van der Waals surface area contributed by atoms with Gasteiger partial charge in [-0.15, -0.1) is 0 Å². The summed E-state index contributed by atoms with van der Waals surface area (Å²) in [6, 6.07) is 3.44. The highest BCUT2D eigenvalue weighted by Gasteiger charge is 2.35. The first-order valence-corrected chi connectivity index (χ1v) is 5.97. The summed E-state index contributed by atoms with van der Waals surface area (Å²) in [5.41, 5.74) is 1.84. The van der Waals surface area contributed by atoms with E-state index < -0.39 is 11.7 Å². The van der Waals surface area contributed by atoms with Gasteiger partial charge in [0.15, 0.2) is 5.78 Å². The zero-order valence-electron chi connectivity index (χ0n) is 9.60. The molecule has 0 saturated carbocycles. The molecule has 0 aromatic heterocycles. The first-order valence-electron chi connectivity index (χ1n) is 5.97. The molecule has 0 saturated heterocycles. The Bertz CT molecular complexity index is 567. The molecular weight excluding hydrogens is 241 g/mol. The van der Waals surface area contributed by atoms with Crippen LogP contribution in [-0.4, -0.2) is 5.78 Å². The van der Waals surface area contributed by atoms with Crippen molar-refractivity contribution < 1.29 is 18.0 Å². The van der Waals surface area contributed by atoms with Crippen molar-refractivity contribution in [2.75, 3.05) is 0 Å². The minimum atomic E-state index is -4.35. The molecule has 2 aliphatic carbocycles. The number of ketones is 1. The van der Waals surface area contributed by atoms with Gasteiger partial charge in [-0.2, -0.15) is 13.2 Å². The Balaban J connectivity index is 2.15. The lowest BCUT2D eigenvalue weighted by atomic mass is 9.91. The number of rotatable bonds is 0. The fraction of sp³-hybridized carbons (Fsp3) is 0.357. The first-order chi connectivity index (χ1) is 8.48. The van der Waals surface area contributed by atoms with E-state index in [1.807, 2.05) is 0 Å². The van der Waals surface area contributed by atoms with E-state index in [-0.39, 0.29) is 5.78 Å². The van der Waals surface area contributed by atoms with Gasteiger partial charge in [-0.3, -0.25) is 4.79 Å². The third-order valence-corrected chi connectivity index (χ3v) is 3.66. The van der Waals surface area contributed by atoms with Crippen LogP contribution < -0.4 is 0 Å². The molecule has 0 unspecified atom stereocenters. The normalized spacial score (nSPS) is 18.9. The maximum absolute atomic E-state index is 12.7. The number of benzene rings is 1. The predicted molar refractivity (Wildman–Crippen MR) is 61.2 cm³/mol. The zero-order valence-corrected chi connectivity index (χ0v) is 9.60. The second-order valence-corrected chi connectivity index (χ2v) is 4.75. The fourth-order valence-electron chi connectivity index (χ4n) is 2.78. The van der Waals surface area contributed by atoms with Crippen molar-refractivity contribution in [3.63, 3.8) is 0 Å². The van der Waals surface area contributed by atoms with Gasteiger partial charge >= 0.3 is 6.18 Å². The minimum absolute atomic E-state index is 0.0755. The Morgan fingerprint density at radius 3 is 2.28 bits per heavy atom. The van der Waals surface area contributed by atoms with Crippen LogP contribution in [0.2, 0.25) is 0 Å². The van der Waals surface area contributed by atoms with Crippen LogP contribution in [0.5, 0.6) is 0 Å². The number of halogens is 3. The quantitative estimate of drug-likeness (QED) is 0.675. The highest BCUT2D eigenvalue weighted by atomic mass is 19.4. The smallest absolute Gasteiger partial charge is 0.289 e. The predicted octanol–water partition coefficient (Wildman–Crippen LogP) is 4.23. The van der Waals surface area contributed by atoms with Gasteiger partial charge in [0.1, 0.15) is 0 Å². The third kappa shape index (κ3) is 1.59. The van der Waals surface area contributed by atoms with E-state index in [2.05, 4.69) is 0 Å². The number of fused-ring (bicyclic) bond motifs is 2. The van der Waals surface area contributed by atoms with Crippen molar-refractivity contribution >= 4 is 11.4 Å². The zero-order chi connectivity index (χ0) is 12.9. The number of Topliss-reactive ketones (excluding diaryl/α,β-unsaturated/α-hetero) is 1. The largest absolute Gasteiger partial charge is 0.416 e. The fourth-order valence-corrected chi connectivity index (χ4v) is 2.78. The number of carbonyl (C=O) groups excluding carboxylic acids is 1. The highest BCUT2D eigenvalue weighted by molar-refractivity contribution is 6.20. The Hall–Kier alpha value is -1.58. The van der Waals surface area contributed by atoms with Gasteiger partial charge in [-0.05, 0) is 55.0 Å². The molecule has 0 spiro atoms. The molecule has 0 radical (unpaired) electrons. The van der Waals surface area contributed by atoms with Gasteiger partial charge in [0, 0.05) is 11.1 Å². The molecule has 18 heavy (non-hydrogen) atoms. The van der Waals surface area contributed by atoms with E-state index in [9.17, 15) is 18.0 Å². The van der Waals surface area contributed by atoms with Crippen LogP contribution in [0.15, 0.2) is 23.8 Å². The van der Waals surface area contributed by atoms with Crippen LogP contribution in [0.1, 0.15) is 47.2 Å². The first kappa shape index (κ1) is 11.5. The van der Waals surface area contributed by atoms with E-state index in [0.717, 1.165) is 42.5 Å². The molecule has 0 N–H and O–H groups in total. The Morgan fingerprint density at radius 1 is 0.944 bits per heavy atom. The molecular formula is C14H11F3O. The van der Waals surface area contributed by atoms with Gasteiger partial charge in [-0.25, -0.2) is 0 Å². The maximum atomic E-state index is 12.7. The molecule has 1 nitrogen and oxygen atoms in total. The summed E-state index contributed by atoms with van der Waals surface area (Å²) in [6.07, 6.45) is -1.04. The minimum Gasteiger partial charge on any atom is -0.289 e. The second-order valence-electron chi connectivity index (χ2n) is 4.75. The molecule has 2 aliphatic rings. The molecule has 0 amide bonds. The number of carbonyl (C=O) groups is 1. The van der Waals surface area contributed by atoms with Gasteiger partial charge in [0.05, 0.1) is 5.56 Å². The Morgan fingerprint density at radius 2 is 1.61 bits per heavy atom. The van der Waals surface area contributed by atoms with Crippen molar-refractivity contribution in [1.29, 1.82) is 0 Å². The summed E-state index contributed by atoms with van der Waals surface area (Å²) in [5, 5.41) is 0. The van der Waals surface area contributed by atoms with E-state index in [4.69, 9.17) is 0 Å². The molecule has 4 heteroatoms. The van der Waals surface area contributed by atoms with Gasteiger partial charge in [0.25, 0.3) is 0 Å². The Kier molecular flexibility index (Phi) is 2.37. The molecule has 0 heterocycles. The standard InChI is InChI=1S/C14H11F3O/c15-14(16,17)8-5-6-11-12(7-8)9-3-1-2-4-10(9)13(11)18/h5-7H,1-4H2. The van der Waals surface area contributed by atoms with Crippen LogP contribution >= 0.6 is 0 Å². The summed E-state index contributed by atoms with van der Waals surface area (Å²) in [4.78, 5) is 12.1. The molecule has 94 valence electrons. The molecule has 1 aromatic rings. The summed E-state index contributed by atoms with van der Waals surface area (Å²) >= 11 is 0. The number of hydrogen-bond donors (Lipinski definition) is 0. The van der Waals surface area contributed by atoms with Crippen LogP contribution in [0, 0.1) is 0 Å². The lowest BCUT2D eigenvalue weighted by molar-refractivity contribution is -0.137. The summed E-state index contributed by atoms with van der Waals surface area (Å²) in [7, 11) is 0. The van der Waals surface area contributed by atoms with Gasteiger partial charge in [-0.1, -0.05) is 0 Å². The van der Waals surface area contributed by atoms with Crippen molar-refractivity contribution in [3.05, 3.63) is 40.5 Å². The van der Waals surface area contributed by atoms with Gasteiger partial charge < -0.3 is 0 Å². The van der Waals surface area contributed by atoms with E-state index in [1.165, 1.54) is 6.07 Å². The van der Waals surface area contributed by atoms with Gasteiger partial charge in [0.2, 0.25) is 0 Å². The van der Waals surface area contributed by atoms with Crippen LogP contribution in [0.4, 0.5) is 13.2 Å². The monoisotopic (exact) mass is 252 g/mol. The molecule has 0 fully saturated rings. The molecule has 1 aromatic carbocycles. The van der Waals surface area contributed by atoms with E-state index in [0.29, 0.717) is 17.5 Å². The third-order valence-electron chi connectivity index (χ3n) is 3.66. The van der Waals surface area contributed by atoms with E-state index in [1.54, 1.807) is 0 Å². The number of hydrogen-bond acceptors (Lipinski definition) is 1. The van der Waals surface area contributed by atoms with Crippen LogP contribution in [-0.2, 0) is 6.18 Å². The lowest BCUT2D eigenvalue weighted by Gasteiger charge is -2.14. The molecule has 0 aliphatic heterocycles. The summed E-state index contributed by atoms with van der Waals surface area (Å²) in [6.45, 7) is 0. The lowest BCUT2D eigenvalue weighted by Crippen LogP contribution is -2.06. The second kappa shape index (κ2) is 3.70. The molecule has 0 atom stereocenters. The Labute approximate surface area is 102 Å². The van der Waals surface area contributed by atoms with Crippen LogP contribution in [0.3, 0.4) is 0 Å². The van der Waals surface area contributed by atoms with Crippen molar-refractivity contribution in [2.45, 2.75) is 31.9 Å². The van der Waals surface area contributed by atoms with Crippen molar-refractivity contribution in [2.24, 2.45) is 0 Å². The summed E-state index contributed by atoms with van der Waals surface area (Å²) in [5.74, 6) is -0.0755. The van der Waals surface area contributed by atoms with Crippen LogP contribution in [0.25, 0.3) is 5.57 Å².